The molecule has 5 nitrogen and oxygen atoms in total. The van der Waals surface area contributed by atoms with Crippen LogP contribution >= 0.6 is 0 Å². The first-order chi connectivity index (χ1) is 7.07. The molecule has 0 aromatic rings. The maximum atomic E-state index is 11.5. The highest BCUT2D eigenvalue weighted by Crippen LogP contribution is 2.08. The van der Waals surface area contributed by atoms with E-state index in [0.717, 1.165) is 0 Å². The van der Waals surface area contributed by atoms with Crippen molar-refractivity contribution in [3.8, 4) is 0 Å². The number of hydrogen-bond acceptors (Lipinski definition) is 4. The van der Waals surface area contributed by atoms with E-state index in [0.29, 0.717) is 0 Å². The minimum Gasteiger partial charge on any atom is -0.459 e. The Morgan fingerprint density at radius 3 is 2.38 bits per heavy atom. The lowest BCUT2D eigenvalue weighted by atomic mass is 10.2. The first-order valence-corrected chi connectivity index (χ1v) is 6.56. The number of esters is 1. The molecule has 0 saturated carbocycles. The quantitative estimate of drug-likeness (QED) is 0.578. The molecule has 0 aliphatic carbocycles. The standard InChI is InChI=1S/C10H19NO4S/c1-6-7-16(13,14)11-8(2)9(12)15-10(3,4)5/h6,8,11H,1,7H2,2-5H3/t8-/m1/s1. The van der Waals surface area contributed by atoms with E-state index in [-0.39, 0.29) is 5.75 Å². The molecule has 0 amide bonds. The Kier molecular flexibility index (Phi) is 5.15. The molecule has 0 aliphatic rings. The van der Waals surface area contributed by atoms with Crippen LogP contribution in [0.25, 0.3) is 0 Å². The Morgan fingerprint density at radius 2 is 2.00 bits per heavy atom. The highest BCUT2D eigenvalue weighted by molar-refractivity contribution is 7.89. The molecule has 0 unspecified atom stereocenters. The lowest BCUT2D eigenvalue weighted by Crippen LogP contribution is -2.42. The van der Waals surface area contributed by atoms with E-state index in [1.165, 1.54) is 13.0 Å². The summed E-state index contributed by atoms with van der Waals surface area (Å²) in [6.07, 6.45) is 1.25. The summed E-state index contributed by atoms with van der Waals surface area (Å²) in [6, 6.07) is -0.899. The molecule has 6 heteroatoms. The molecule has 0 heterocycles. The zero-order chi connectivity index (χ0) is 13.0. The minimum absolute atomic E-state index is 0.222. The first-order valence-electron chi connectivity index (χ1n) is 4.91. The number of hydrogen-bond donors (Lipinski definition) is 1. The monoisotopic (exact) mass is 249 g/mol. The van der Waals surface area contributed by atoms with E-state index in [9.17, 15) is 13.2 Å². The van der Waals surface area contributed by atoms with Gasteiger partial charge < -0.3 is 4.74 Å². The second-order valence-corrected chi connectivity index (χ2v) is 6.24. The van der Waals surface area contributed by atoms with Gasteiger partial charge in [0, 0.05) is 0 Å². The van der Waals surface area contributed by atoms with E-state index in [1.54, 1.807) is 20.8 Å². The Bertz CT molecular complexity index is 354. The molecule has 0 aromatic carbocycles. The van der Waals surface area contributed by atoms with E-state index in [1.807, 2.05) is 0 Å². The average Bonchev–Trinajstić information content (AvgIpc) is 1.99. The van der Waals surface area contributed by atoms with Gasteiger partial charge in [-0.15, -0.1) is 6.58 Å². The third kappa shape index (κ3) is 6.58. The van der Waals surface area contributed by atoms with Gasteiger partial charge in [-0.25, -0.2) is 13.1 Å². The van der Waals surface area contributed by atoms with Crippen LogP contribution in [-0.4, -0.2) is 31.8 Å². The van der Waals surface area contributed by atoms with Gasteiger partial charge in [-0.1, -0.05) is 6.08 Å². The van der Waals surface area contributed by atoms with Crippen molar-refractivity contribution in [2.45, 2.75) is 39.3 Å². The molecule has 0 saturated heterocycles. The van der Waals surface area contributed by atoms with Crippen LogP contribution in [0.2, 0.25) is 0 Å². The Hall–Kier alpha value is -0.880. The number of carbonyl (C=O) groups excluding carboxylic acids is 1. The number of nitrogens with one attached hydrogen (secondary N) is 1. The van der Waals surface area contributed by atoms with Crippen LogP contribution in [0.3, 0.4) is 0 Å². The lowest BCUT2D eigenvalue weighted by molar-refractivity contribution is -0.156. The van der Waals surface area contributed by atoms with Crippen molar-refractivity contribution in [2.24, 2.45) is 0 Å². The number of carbonyl (C=O) groups is 1. The van der Waals surface area contributed by atoms with Crippen molar-refractivity contribution in [3.63, 3.8) is 0 Å². The molecule has 0 aliphatic heterocycles. The maximum Gasteiger partial charge on any atom is 0.324 e. The summed E-state index contributed by atoms with van der Waals surface area (Å²) in [4.78, 5) is 11.5. The summed E-state index contributed by atoms with van der Waals surface area (Å²) in [5.74, 6) is -0.819. The number of rotatable bonds is 5. The van der Waals surface area contributed by atoms with Gasteiger partial charge in [-0.2, -0.15) is 0 Å². The fourth-order valence-electron chi connectivity index (χ4n) is 0.911. The largest absolute Gasteiger partial charge is 0.459 e. The van der Waals surface area contributed by atoms with Crippen LogP contribution in [0.1, 0.15) is 27.7 Å². The second-order valence-electron chi connectivity index (χ2n) is 4.44. The molecule has 16 heavy (non-hydrogen) atoms. The Morgan fingerprint density at radius 1 is 1.50 bits per heavy atom. The second kappa shape index (κ2) is 5.45. The van der Waals surface area contributed by atoms with Crippen molar-refractivity contribution < 1.29 is 17.9 Å². The molecule has 0 radical (unpaired) electrons. The van der Waals surface area contributed by atoms with Gasteiger partial charge in [0.15, 0.2) is 0 Å². The highest BCUT2D eigenvalue weighted by atomic mass is 32.2. The van der Waals surface area contributed by atoms with E-state index >= 15 is 0 Å². The number of ether oxygens (including phenoxy) is 1. The van der Waals surface area contributed by atoms with Gasteiger partial charge in [0.25, 0.3) is 0 Å². The van der Waals surface area contributed by atoms with Gasteiger partial charge >= 0.3 is 5.97 Å². The van der Waals surface area contributed by atoms with Gasteiger partial charge in [0.1, 0.15) is 11.6 Å². The Labute approximate surface area is 96.9 Å². The van der Waals surface area contributed by atoms with Crippen LogP contribution < -0.4 is 4.72 Å². The van der Waals surface area contributed by atoms with E-state index in [2.05, 4.69) is 11.3 Å². The number of sulfonamides is 1. The molecular weight excluding hydrogens is 230 g/mol. The summed E-state index contributed by atoms with van der Waals surface area (Å²) in [5.41, 5.74) is -0.630. The summed E-state index contributed by atoms with van der Waals surface area (Å²) < 4.78 is 29.9. The van der Waals surface area contributed by atoms with Gasteiger partial charge in [0.2, 0.25) is 10.0 Å². The predicted octanol–water partition coefficient (Wildman–Crippen LogP) is 0.822. The average molecular weight is 249 g/mol. The molecule has 0 fully saturated rings. The molecule has 0 spiro atoms. The van der Waals surface area contributed by atoms with Crippen LogP contribution in [0.5, 0.6) is 0 Å². The SMILES string of the molecule is C=CCS(=O)(=O)N[C@H](C)C(=O)OC(C)(C)C. The van der Waals surface area contributed by atoms with E-state index in [4.69, 9.17) is 4.74 Å². The predicted molar refractivity (Wildman–Crippen MR) is 62.4 cm³/mol. The molecule has 1 atom stereocenters. The van der Waals surface area contributed by atoms with Gasteiger partial charge in [-0.3, -0.25) is 4.79 Å². The summed E-state index contributed by atoms with van der Waals surface area (Å²) in [5, 5.41) is 0. The summed E-state index contributed by atoms with van der Waals surface area (Å²) in [6.45, 7) is 9.92. The molecule has 1 N–H and O–H groups in total. The molecule has 94 valence electrons. The fraction of sp³-hybridized carbons (Fsp3) is 0.700. The third-order valence-corrected chi connectivity index (χ3v) is 2.84. The fourth-order valence-corrected chi connectivity index (χ4v) is 1.95. The zero-order valence-electron chi connectivity index (χ0n) is 10.1. The summed E-state index contributed by atoms with van der Waals surface area (Å²) >= 11 is 0. The van der Waals surface area contributed by atoms with Crippen molar-refractivity contribution >= 4 is 16.0 Å². The van der Waals surface area contributed by atoms with Crippen LogP contribution in [0.4, 0.5) is 0 Å². The minimum atomic E-state index is -3.50. The van der Waals surface area contributed by atoms with Crippen LogP contribution in [0, 0.1) is 0 Å². The van der Waals surface area contributed by atoms with Gasteiger partial charge in [-0.05, 0) is 27.7 Å². The van der Waals surface area contributed by atoms with E-state index < -0.39 is 27.6 Å². The van der Waals surface area contributed by atoms with Crippen molar-refractivity contribution in [2.75, 3.05) is 5.75 Å². The zero-order valence-corrected chi connectivity index (χ0v) is 10.9. The first kappa shape index (κ1) is 15.1. The molecule has 0 bridgehead atoms. The van der Waals surface area contributed by atoms with Crippen molar-refractivity contribution in [1.82, 2.24) is 4.72 Å². The van der Waals surface area contributed by atoms with Crippen LogP contribution in [0.15, 0.2) is 12.7 Å². The van der Waals surface area contributed by atoms with Gasteiger partial charge in [0.05, 0.1) is 5.75 Å². The van der Waals surface area contributed by atoms with Crippen molar-refractivity contribution in [1.29, 1.82) is 0 Å². The Balaban J connectivity index is 4.42. The normalized spacial score (nSPS) is 14.2. The molecular formula is C10H19NO4S. The lowest BCUT2D eigenvalue weighted by Gasteiger charge is -2.22. The third-order valence-electron chi connectivity index (χ3n) is 1.45. The maximum absolute atomic E-state index is 11.5. The summed E-state index contributed by atoms with van der Waals surface area (Å²) in [7, 11) is -3.50. The highest BCUT2D eigenvalue weighted by Gasteiger charge is 2.24. The molecule has 0 aromatic heterocycles. The topological polar surface area (TPSA) is 72.5 Å². The van der Waals surface area contributed by atoms with Crippen molar-refractivity contribution in [3.05, 3.63) is 12.7 Å². The smallest absolute Gasteiger partial charge is 0.324 e. The molecule has 0 rings (SSSR count). The van der Waals surface area contributed by atoms with Crippen LogP contribution in [-0.2, 0) is 19.6 Å².